The van der Waals surface area contributed by atoms with Crippen molar-refractivity contribution in [3.05, 3.63) is 107 Å². The largest absolute Gasteiger partial charge is 0.489 e. The van der Waals surface area contributed by atoms with Crippen molar-refractivity contribution in [3.8, 4) is 28.1 Å². The van der Waals surface area contributed by atoms with Gasteiger partial charge in [0.2, 0.25) is 0 Å². The van der Waals surface area contributed by atoms with Crippen LogP contribution in [0.3, 0.4) is 0 Å². The van der Waals surface area contributed by atoms with Gasteiger partial charge in [0, 0.05) is 11.1 Å². The zero-order valence-electron chi connectivity index (χ0n) is 19.0. The molecule has 0 N–H and O–H groups in total. The van der Waals surface area contributed by atoms with Gasteiger partial charge in [-0.15, -0.1) is 0 Å². The van der Waals surface area contributed by atoms with Gasteiger partial charge in [-0.1, -0.05) is 26.0 Å². The maximum atomic E-state index is 13.6. The van der Waals surface area contributed by atoms with Crippen LogP contribution in [0.2, 0.25) is 0 Å². The van der Waals surface area contributed by atoms with Crippen LogP contribution in [0.1, 0.15) is 36.6 Å². The maximum Gasteiger partial charge on any atom is 0.416 e. The molecule has 0 unspecified atom stereocenters. The fourth-order valence-corrected chi connectivity index (χ4v) is 3.77. The van der Waals surface area contributed by atoms with Gasteiger partial charge in [0.05, 0.1) is 17.0 Å². The normalized spacial score (nSPS) is 11.7. The first-order valence-electron chi connectivity index (χ1n) is 11.0. The second kappa shape index (κ2) is 9.86. The number of aromatic nitrogens is 1. The van der Waals surface area contributed by atoms with E-state index in [9.17, 15) is 22.0 Å². The molecule has 35 heavy (non-hydrogen) atoms. The lowest BCUT2D eigenvalue weighted by atomic mass is 9.93. The molecule has 180 valence electrons. The molecule has 1 aromatic heterocycles. The molecule has 0 aliphatic carbocycles. The van der Waals surface area contributed by atoms with Gasteiger partial charge >= 0.3 is 6.18 Å². The summed E-state index contributed by atoms with van der Waals surface area (Å²) in [6.45, 7) is 3.97. The molecule has 2 nitrogen and oxygen atoms in total. The topological polar surface area (TPSA) is 22.1 Å². The molecule has 0 radical (unpaired) electrons. The lowest BCUT2D eigenvalue weighted by Crippen LogP contribution is -2.08. The smallest absolute Gasteiger partial charge is 0.416 e. The van der Waals surface area contributed by atoms with Gasteiger partial charge in [0.25, 0.3) is 0 Å². The number of ether oxygens (including phenoxy) is 1. The van der Waals surface area contributed by atoms with E-state index in [0.717, 1.165) is 34.5 Å². The minimum atomic E-state index is -4.43. The predicted octanol–water partition coefficient (Wildman–Crippen LogP) is 8.42. The Kier molecular flexibility index (Phi) is 6.87. The van der Waals surface area contributed by atoms with E-state index < -0.39 is 11.7 Å². The number of pyridine rings is 1. The summed E-state index contributed by atoms with van der Waals surface area (Å²) < 4.78 is 71.6. The van der Waals surface area contributed by atoms with Crippen molar-refractivity contribution in [3.63, 3.8) is 0 Å². The summed E-state index contributed by atoms with van der Waals surface area (Å²) in [5.74, 6) is -0.493. The molecule has 0 atom stereocenters. The summed E-state index contributed by atoms with van der Waals surface area (Å²) in [6, 6.07) is 18.3. The minimum Gasteiger partial charge on any atom is -0.489 e. The third-order valence-corrected chi connectivity index (χ3v) is 5.56. The van der Waals surface area contributed by atoms with Crippen molar-refractivity contribution in [1.82, 2.24) is 4.98 Å². The van der Waals surface area contributed by atoms with Gasteiger partial charge in [0.1, 0.15) is 24.0 Å². The Bertz CT molecular complexity index is 1300. The van der Waals surface area contributed by atoms with Gasteiger partial charge < -0.3 is 4.74 Å². The molecule has 0 saturated carbocycles. The lowest BCUT2D eigenvalue weighted by molar-refractivity contribution is -0.137. The molecule has 0 spiro atoms. The van der Waals surface area contributed by atoms with Crippen molar-refractivity contribution in [1.29, 1.82) is 0 Å². The van der Waals surface area contributed by atoms with E-state index in [-0.39, 0.29) is 29.9 Å². The van der Waals surface area contributed by atoms with Crippen LogP contribution in [-0.4, -0.2) is 4.98 Å². The van der Waals surface area contributed by atoms with Crippen LogP contribution in [0.25, 0.3) is 22.4 Å². The van der Waals surface area contributed by atoms with Crippen LogP contribution < -0.4 is 4.74 Å². The number of nitrogens with zero attached hydrogens (tertiary/aromatic N) is 1. The molecule has 0 fully saturated rings. The fourth-order valence-electron chi connectivity index (χ4n) is 3.77. The fraction of sp³-hybridized carbons (Fsp3) is 0.179. The molecule has 3 aromatic carbocycles. The van der Waals surface area contributed by atoms with Crippen molar-refractivity contribution >= 4 is 0 Å². The summed E-state index contributed by atoms with van der Waals surface area (Å²) in [5, 5.41) is 0. The highest BCUT2D eigenvalue weighted by Crippen LogP contribution is 2.35. The predicted molar refractivity (Wildman–Crippen MR) is 125 cm³/mol. The number of halogens is 5. The first-order valence-corrected chi connectivity index (χ1v) is 11.0. The second-order valence-corrected chi connectivity index (χ2v) is 8.40. The third-order valence-electron chi connectivity index (χ3n) is 5.56. The number of alkyl halides is 3. The molecule has 4 aromatic rings. The highest BCUT2D eigenvalue weighted by molar-refractivity contribution is 5.74. The maximum absolute atomic E-state index is 13.6. The molecule has 4 rings (SSSR count). The standard InChI is InChI=1S/C28H22F5NO/c1-17(2)27-25(16-35-23-13-7-20(8-14-23)28(31,32)33)24(18-3-9-21(29)10-4-18)15-26(34-27)19-5-11-22(30)12-6-19/h3-15,17H,16H2,1-2H3. The number of hydrogen-bond donors (Lipinski definition) is 0. The third kappa shape index (κ3) is 5.67. The monoisotopic (exact) mass is 483 g/mol. The van der Waals surface area contributed by atoms with E-state index >= 15 is 0 Å². The number of hydrogen-bond acceptors (Lipinski definition) is 2. The van der Waals surface area contributed by atoms with Crippen LogP contribution in [0.4, 0.5) is 22.0 Å². The Morgan fingerprint density at radius 3 is 1.83 bits per heavy atom. The lowest BCUT2D eigenvalue weighted by Gasteiger charge is -2.20. The van der Waals surface area contributed by atoms with Crippen molar-refractivity contribution in [2.24, 2.45) is 0 Å². The number of benzene rings is 3. The summed E-state index contributed by atoms with van der Waals surface area (Å²) in [4.78, 5) is 4.81. The molecule has 0 saturated heterocycles. The summed E-state index contributed by atoms with van der Waals surface area (Å²) >= 11 is 0. The van der Waals surface area contributed by atoms with Crippen LogP contribution in [0.5, 0.6) is 5.75 Å². The van der Waals surface area contributed by atoms with Gasteiger partial charge in [-0.2, -0.15) is 13.2 Å². The Labute approximate surface area is 200 Å². The van der Waals surface area contributed by atoms with E-state index in [1.807, 2.05) is 19.9 Å². The SMILES string of the molecule is CC(C)c1nc(-c2ccc(F)cc2)cc(-c2ccc(F)cc2)c1COc1ccc(C(F)(F)F)cc1. The summed E-state index contributed by atoms with van der Waals surface area (Å²) in [5.41, 5.74) is 3.50. The molecule has 0 bridgehead atoms. The van der Waals surface area contributed by atoms with Crippen LogP contribution in [0, 0.1) is 11.6 Å². The molecule has 0 amide bonds. The zero-order chi connectivity index (χ0) is 25.2. The van der Waals surface area contributed by atoms with Crippen molar-refractivity contribution in [2.75, 3.05) is 0 Å². The van der Waals surface area contributed by atoms with E-state index in [1.165, 1.54) is 36.4 Å². The van der Waals surface area contributed by atoms with Gasteiger partial charge in [-0.05, 0) is 83.8 Å². The van der Waals surface area contributed by atoms with Gasteiger partial charge in [0.15, 0.2) is 0 Å². The average Bonchev–Trinajstić information content (AvgIpc) is 2.83. The molecule has 1 heterocycles. The summed E-state index contributed by atoms with van der Waals surface area (Å²) in [6.07, 6.45) is -4.43. The highest BCUT2D eigenvalue weighted by Gasteiger charge is 2.30. The second-order valence-electron chi connectivity index (χ2n) is 8.40. The first kappa shape index (κ1) is 24.4. The van der Waals surface area contributed by atoms with Gasteiger partial charge in [-0.3, -0.25) is 4.98 Å². The van der Waals surface area contributed by atoms with E-state index in [4.69, 9.17) is 9.72 Å². The van der Waals surface area contributed by atoms with Crippen molar-refractivity contribution < 1.29 is 26.7 Å². The van der Waals surface area contributed by atoms with Crippen molar-refractivity contribution in [2.45, 2.75) is 32.5 Å². The molecule has 0 aliphatic heterocycles. The average molecular weight is 483 g/mol. The minimum absolute atomic E-state index is 0.0270. The molecule has 0 aliphatic rings. The van der Waals surface area contributed by atoms with E-state index in [2.05, 4.69) is 0 Å². The zero-order valence-corrected chi connectivity index (χ0v) is 19.0. The van der Waals surface area contributed by atoms with Crippen LogP contribution >= 0.6 is 0 Å². The van der Waals surface area contributed by atoms with E-state index in [0.29, 0.717) is 11.3 Å². The van der Waals surface area contributed by atoms with Crippen LogP contribution in [0.15, 0.2) is 78.9 Å². The van der Waals surface area contributed by atoms with Crippen LogP contribution in [-0.2, 0) is 12.8 Å². The molecule has 7 heteroatoms. The number of rotatable bonds is 6. The first-order chi connectivity index (χ1) is 16.6. The Morgan fingerprint density at radius 1 is 0.771 bits per heavy atom. The van der Waals surface area contributed by atoms with E-state index in [1.54, 1.807) is 24.3 Å². The summed E-state index contributed by atoms with van der Waals surface area (Å²) in [7, 11) is 0. The highest BCUT2D eigenvalue weighted by atomic mass is 19.4. The quantitative estimate of drug-likeness (QED) is 0.257. The molecular formula is C28H22F5NO. The Balaban J connectivity index is 1.78. The van der Waals surface area contributed by atoms with Gasteiger partial charge in [-0.25, -0.2) is 8.78 Å². The Hall–Kier alpha value is -3.74. The Morgan fingerprint density at radius 2 is 1.31 bits per heavy atom. The molecular weight excluding hydrogens is 461 g/mol.